The molecule has 0 bridgehead atoms. The van der Waals surface area contributed by atoms with Crippen molar-refractivity contribution in [3.63, 3.8) is 0 Å². The highest BCUT2D eigenvalue weighted by atomic mass is 19.4. The number of methoxy groups -OCH3 is 1. The molecule has 47 heavy (non-hydrogen) atoms. The second-order valence-electron chi connectivity index (χ2n) is 12.0. The average molecular weight is 660 g/mol. The van der Waals surface area contributed by atoms with E-state index in [4.69, 9.17) is 18.9 Å². The summed E-state index contributed by atoms with van der Waals surface area (Å²) in [6.45, 7) is 1.97. The molecule has 2 aliphatic rings. The molecule has 0 amide bonds. The van der Waals surface area contributed by atoms with E-state index in [9.17, 15) is 22.8 Å². The van der Waals surface area contributed by atoms with Crippen molar-refractivity contribution in [2.45, 2.75) is 102 Å². The molecule has 10 nitrogen and oxygen atoms in total. The number of ether oxygens (including phenoxy) is 5. The van der Waals surface area contributed by atoms with Gasteiger partial charge >= 0.3 is 18.3 Å². The number of hydrogen-bond donors (Lipinski definition) is 0. The van der Waals surface area contributed by atoms with Gasteiger partial charge in [-0.05, 0) is 79.8 Å². The van der Waals surface area contributed by atoms with Crippen molar-refractivity contribution in [3.8, 4) is 17.4 Å². The third kappa shape index (κ3) is 9.39. The number of halogens is 3. The van der Waals surface area contributed by atoms with Gasteiger partial charge in [0.1, 0.15) is 17.6 Å². The molecule has 2 aromatic carbocycles. The summed E-state index contributed by atoms with van der Waals surface area (Å²) in [5.41, 5.74) is 1.76. The van der Waals surface area contributed by atoms with Crippen LogP contribution in [-0.4, -0.2) is 52.8 Å². The number of carbonyl (C=O) groups is 2. The molecule has 1 aromatic heterocycles. The van der Waals surface area contributed by atoms with Crippen LogP contribution >= 0.6 is 0 Å². The molecule has 1 unspecified atom stereocenters. The first-order valence-corrected chi connectivity index (χ1v) is 16.1. The number of aromatic nitrogens is 3. The SMILES string of the molecule is CCC(OC(=O)c1c(OC2CCC(c3ccc(OC(F)(F)F)cc3)CC2)nnn1Cc1ccc(OC)cc1)OC(=O)C1CCCCC1. The molecule has 2 fully saturated rings. The van der Waals surface area contributed by atoms with Crippen LogP contribution < -0.4 is 14.2 Å². The summed E-state index contributed by atoms with van der Waals surface area (Å²) in [5, 5.41) is 8.41. The van der Waals surface area contributed by atoms with Gasteiger partial charge in [0.15, 0.2) is 0 Å². The molecule has 5 rings (SSSR count). The Hall–Kier alpha value is -4.29. The lowest BCUT2D eigenvalue weighted by atomic mass is 9.83. The van der Waals surface area contributed by atoms with Crippen molar-refractivity contribution in [2.75, 3.05) is 7.11 Å². The summed E-state index contributed by atoms with van der Waals surface area (Å²) in [4.78, 5) is 26.5. The van der Waals surface area contributed by atoms with E-state index in [1.165, 1.54) is 16.8 Å². The van der Waals surface area contributed by atoms with Gasteiger partial charge in [-0.15, -0.1) is 13.2 Å². The van der Waals surface area contributed by atoms with Crippen LogP contribution in [0.4, 0.5) is 13.2 Å². The van der Waals surface area contributed by atoms with Gasteiger partial charge in [0.2, 0.25) is 12.0 Å². The fourth-order valence-corrected chi connectivity index (χ4v) is 6.13. The Bertz CT molecular complexity index is 1460. The van der Waals surface area contributed by atoms with E-state index >= 15 is 0 Å². The van der Waals surface area contributed by atoms with Gasteiger partial charge in [-0.3, -0.25) is 4.79 Å². The Balaban J connectivity index is 1.27. The summed E-state index contributed by atoms with van der Waals surface area (Å²) < 4.78 is 65.8. The van der Waals surface area contributed by atoms with Gasteiger partial charge in [-0.25, -0.2) is 9.48 Å². The zero-order chi connectivity index (χ0) is 33.4. The highest BCUT2D eigenvalue weighted by Crippen LogP contribution is 2.36. The predicted molar refractivity (Wildman–Crippen MR) is 163 cm³/mol. The van der Waals surface area contributed by atoms with E-state index in [-0.39, 0.29) is 54.2 Å². The molecular formula is C34H40F3N3O7. The van der Waals surface area contributed by atoms with E-state index in [1.54, 1.807) is 38.3 Å². The maximum Gasteiger partial charge on any atom is 0.573 e. The highest BCUT2D eigenvalue weighted by Gasteiger charge is 2.33. The van der Waals surface area contributed by atoms with Crippen molar-refractivity contribution in [3.05, 3.63) is 65.4 Å². The monoisotopic (exact) mass is 659 g/mol. The zero-order valence-corrected chi connectivity index (χ0v) is 26.5. The first kappa shape index (κ1) is 34.1. The third-order valence-electron chi connectivity index (χ3n) is 8.68. The van der Waals surface area contributed by atoms with Crippen LogP contribution in [0.3, 0.4) is 0 Å². The standard InChI is InChI=1S/C34H40F3N3O7/c1-3-29(45-32(41)25-7-5-4-6-8-25)46-33(42)30-31(38-39-40(30)21-22-9-15-26(43-2)16-10-22)44-27-17-11-23(12-18-27)24-13-19-28(20-14-24)47-34(35,36)37/h9-10,13-16,19-20,23,25,27,29H,3-8,11-12,17-18,21H2,1-2H3. The lowest BCUT2D eigenvalue weighted by Gasteiger charge is -2.29. The van der Waals surface area contributed by atoms with E-state index in [0.717, 1.165) is 56.1 Å². The van der Waals surface area contributed by atoms with Gasteiger partial charge in [0.05, 0.1) is 19.6 Å². The van der Waals surface area contributed by atoms with E-state index in [2.05, 4.69) is 15.0 Å². The number of alkyl halides is 3. The fourth-order valence-electron chi connectivity index (χ4n) is 6.13. The molecule has 0 N–H and O–H groups in total. The lowest BCUT2D eigenvalue weighted by Crippen LogP contribution is -2.30. The summed E-state index contributed by atoms with van der Waals surface area (Å²) in [6.07, 6.45) is 1.45. The molecule has 1 heterocycles. The molecule has 0 radical (unpaired) electrons. The average Bonchev–Trinajstić information content (AvgIpc) is 3.46. The quantitative estimate of drug-likeness (QED) is 0.146. The molecule has 2 aliphatic carbocycles. The fraction of sp³-hybridized carbons (Fsp3) is 0.529. The second kappa shape index (κ2) is 15.5. The predicted octanol–water partition coefficient (Wildman–Crippen LogP) is 7.36. The minimum absolute atomic E-state index is 0.00959. The van der Waals surface area contributed by atoms with Gasteiger partial charge in [-0.2, -0.15) is 0 Å². The molecule has 3 aromatic rings. The Morgan fingerprint density at radius 1 is 0.894 bits per heavy atom. The number of carbonyl (C=O) groups excluding carboxylic acids is 2. The van der Waals surface area contributed by atoms with Crippen LogP contribution in [0.2, 0.25) is 0 Å². The van der Waals surface area contributed by atoms with Crippen molar-refractivity contribution in [1.29, 1.82) is 0 Å². The van der Waals surface area contributed by atoms with Gasteiger partial charge in [0.25, 0.3) is 5.88 Å². The number of hydrogen-bond acceptors (Lipinski definition) is 9. The molecule has 1 atom stereocenters. The summed E-state index contributed by atoms with van der Waals surface area (Å²) in [6, 6.07) is 13.2. The van der Waals surface area contributed by atoms with Crippen molar-refractivity contribution >= 4 is 11.9 Å². The first-order chi connectivity index (χ1) is 22.6. The molecule has 0 spiro atoms. The number of nitrogens with zero attached hydrogens (tertiary/aromatic N) is 3. The second-order valence-corrected chi connectivity index (χ2v) is 12.0. The summed E-state index contributed by atoms with van der Waals surface area (Å²) >= 11 is 0. The van der Waals surface area contributed by atoms with Crippen LogP contribution in [0.25, 0.3) is 0 Å². The number of rotatable bonds is 12. The Labute approximate surface area is 271 Å². The minimum atomic E-state index is -4.74. The topological polar surface area (TPSA) is 111 Å². The maximum absolute atomic E-state index is 13.7. The first-order valence-electron chi connectivity index (χ1n) is 16.1. The van der Waals surface area contributed by atoms with Crippen LogP contribution in [0.15, 0.2) is 48.5 Å². The number of esters is 2. The normalized spacial score (nSPS) is 19.4. The van der Waals surface area contributed by atoms with Gasteiger partial charge in [-0.1, -0.05) is 60.8 Å². The largest absolute Gasteiger partial charge is 0.573 e. The molecule has 0 saturated heterocycles. The van der Waals surface area contributed by atoms with Crippen LogP contribution in [0.1, 0.15) is 98.7 Å². The summed E-state index contributed by atoms with van der Waals surface area (Å²) in [7, 11) is 1.58. The van der Waals surface area contributed by atoms with E-state index in [0.29, 0.717) is 18.6 Å². The zero-order valence-electron chi connectivity index (χ0n) is 26.5. The van der Waals surface area contributed by atoms with Crippen LogP contribution in [0, 0.1) is 5.92 Å². The third-order valence-corrected chi connectivity index (χ3v) is 8.68. The smallest absolute Gasteiger partial charge is 0.497 e. The van der Waals surface area contributed by atoms with Crippen molar-refractivity contribution in [1.82, 2.24) is 15.0 Å². The number of benzene rings is 2. The van der Waals surface area contributed by atoms with E-state index in [1.807, 2.05) is 12.1 Å². The lowest BCUT2D eigenvalue weighted by molar-refractivity contribution is -0.274. The molecule has 0 aliphatic heterocycles. The van der Waals surface area contributed by atoms with Crippen LogP contribution in [-0.2, 0) is 20.8 Å². The van der Waals surface area contributed by atoms with Crippen molar-refractivity contribution < 1.29 is 46.4 Å². The van der Waals surface area contributed by atoms with Crippen molar-refractivity contribution in [2.24, 2.45) is 5.92 Å². The Morgan fingerprint density at radius 3 is 2.17 bits per heavy atom. The summed E-state index contributed by atoms with van der Waals surface area (Å²) in [5.74, 6) is -0.740. The Kier molecular flexibility index (Phi) is 11.3. The molecule has 13 heteroatoms. The van der Waals surface area contributed by atoms with E-state index < -0.39 is 18.6 Å². The molecule has 2 saturated carbocycles. The highest BCUT2D eigenvalue weighted by molar-refractivity contribution is 5.90. The molecule has 254 valence electrons. The molecular weight excluding hydrogens is 619 g/mol. The van der Waals surface area contributed by atoms with Crippen LogP contribution in [0.5, 0.6) is 17.4 Å². The minimum Gasteiger partial charge on any atom is -0.497 e. The van der Waals surface area contributed by atoms with Gasteiger partial charge in [0, 0.05) is 6.42 Å². The Morgan fingerprint density at radius 2 is 1.55 bits per heavy atom. The maximum atomic E-state index is 13.7. The van der Waals surface area contributed by atoms with Gasteiger partial charge < -0.3 is 23.7 Å².